The van der Waals surface area contributed by atoms with Gasteiger partial charge < -0.3 is 5.73 Å². The molecule has 4 rings (SSSR count). The number of halogens is 1. The Labute approximate surface area is 162 Å². The molecule has 0 spiro atoms. The predicted molar refractivity (Wildman–Crippen MR) is 115 cm³/mol. The highest BCUT2D eigenvalue weighted by Crippen LogP contribution is 2.39. The number of hydrogen-bond acceptors (Lipinski definition) is 1. The molecule has 0 bridgehead atoms. The van der Waals surface area contributed by atoms with E-state index in [9.17, 15) is 0 Å². The van der Waals surface area contributed by atoms with Crippen molar-refractivity contribution in [3.05, 3.63) is 102 Å². The van der Waals surface area contributed by atoms with E-state index in [1.807, 2.05) is 18.2 Å². The van der Waals surface area contributed by atoms with Gasteiger partial charge in [0, 0.05) is 15.7 Å². The summed E-state index contributed by atoms with van der Waals surface area (Å²) in [6.07, 6.45) is 0. The molecular weight excluding hydrogens is 382 g/mol. The molecule has 0 unspecified atom stereocenters. The average molecular weight is 400 g/mol. The molecule has 0 fully saturated rings. The Kier molecular flexibility index (Phi) is 4.59. The zero-order chi connectivity index (χ0) is 17.9. The van der Waals surface area contributed by atoms with Crippen molar-refractivity contribution < 1.29 is 0 Å². The molecule has 0 aliphatic carbocycles. The van der Waals surface area contributed by atoms with Gasteiger partial charge in [-0.05, 0) is 39.9 Å². The first kappa shape index (κ1) is 16.6. The summed E-state index contributed by atoms with van der Waals surface area (Å²) in [6.45, 7) is 0. The first-order valence-corrected chi connectivity index (χ1v) is 9.32. The van der Waals surface area contributed by atoms with Gasteiger partial charge in [0.1, 0.15) is 0 Å². The molecule has 4 aromatic rings. The number of hydrogen-bond donors (Lipinski definition) is 1. The normalized spacial score (nSPS) is 10.7. The number of nitrogens with two attached hydrogens (primary N) is 1. The summed E-state index contributed by atoms with van der Waals surface area (Å²) < 4.78 is 0.985. The van der Waals surface area contributed by atoms with Gasteiger partial charge in [-0.15, -0.1) is 0 Å². The highest BCUT2D eigenvalue weighted by atomic mass is 79.9. The van der Waals surface area contributed by atoms with Crippen LogP contribution in [0, 0.1) is 0 Å². The van der Waals surface area contributed by atoms with Gasteiger partial charge in [0.2, 0.25) is 0 Å². The summed E-state index contributed by atoms with van der Waals surface area (Å²) in [6, 6.07) is 33.5. The van der Waals surface area contributed by atoms with Crippen LogP contribution < -0.4 is 5.73 Å². The minimum atomic E-state index is 0.769. The minimum absolute atomic E-state index is 0.769. The molecule has 0 aliphatic heterocycles. The molecule has 0 saturated heterocycles. The summed E-state index contributed by atoms with van der Waals surface area (Å²) in [4.78, 5) is 0. The zero-order valence-electron chi connectivity index (χ0n) is 14.2. The number of nitrogen functional groups attached to an aromatic ring is 1. The van der Waals surface area contributed by atoms with E-state index in [0.29, 0.717) is 0 Å². The van der Waals surface area contributed by atoms with E-state index in [2.05, 4.69) is 94.8 Å². The lowest BCUT2D eigenvalue weighted by Crippen LogP contribution is -1.94. The van der Waals surface area contributed by atoms with Crippen molar-refractivity contribution in [2.75, 3.05) is 5.73 Å². The van der Waals surface area contributed by atoms with Crippen LogP contribution in [0.2, 0.25) is 0 Å². The van der Waals surface area contributed by atoms with E-state index in [1.54, 1.807) is 0 Å². The van der Waals surface area contributed by atoms with Crippen LogP contribution in [0.15, 0.2) is 102 Å². The van der Waals surface area contributed by atoms with E-state index < -0.39 is 0 Å². The van der Waals surface area contributed by atoms with E-state index in [0.717, 1.165) is 32.4 Å². The minimum Gasteiger partial charge on any atom is -0.398 e. The molecule has 0 aliphatic rings. The summed E-state index contributed by atoms with van der Waals surface area (Å²) in [7, 11) is 0. The number of rotatable bonds is 3. The Morgan fingerprint density at radius 2 is 1.04 bits per heavy atom. The van der Waals surface area contributed by atoms with Crippen LogP contribution in [0.25, 0.3) is 33.4 Å². The molecule has 0 aromatic heterocycles. The zero-order valence-corrected chi connectivity index (χ0v) is 15.8. The molecule has 0 amide bonds. The van der Waals surface area contributed by atoms with Crippen LogP contribution in [-0.2, 0) is 0 Å². The molecule has 1 nitrogen and oxygen atoms in total. The SMILES string of the molecule is Nc1cc(Br)cc(-c2ccccc2)c1-c1ccc(-c2ccccc2)cc1. The average Bonchev–Trinajstić information content (AvgIpc) is 2.69. The van der Waals surface area contributed by atoms with Crippen molar-refractivity contribution in [1.29, 1.82) is 0 Å². The van der Waals surface area contributed by atoms with Crippen LogP contribution in [0.5, 0.6) is 0 Å². The van der Waals surface area contributed by atoms with Crippen molar-refractivity contribution in [3.8, 4) is 33.4 Å². The third-order valence-electron chi connectivity index (χ3n) is 4.50. The summed E-state index contributed by atoms with van der Waals surface area (Å²) in [5.74, 6) is 0. The molecule has 126 valence electrons. The van der Waals surface area contributed by atoms with Crippen molar-refractivity contribution >= 4 is 21.6 Å². The summed E-state index contributed by atoms with van der Waals surface area (Å²) in [5, 5.41) is 0. The molecule has 4 aromatic carbocycles. The highest BCUT2D eigenvalue weighted by molar-refractivity contribution is 9.10. The first-order valence-electron chi connectivity index (χ1n) is 8.53. The quantitative estimate of drug-likeness (QED) is 0.367. The molecule has 0 atom stereocenters. The fourth-order valence-electron chi connectivity index (χ4n) is 3.26. The molecule has 0 heterocycles. The second-order valence-corrected chi connectivity index (χ2v) is 7.14. The van der Waals surface area contributed by atoms with Crippen LogP contribution in [0.4, 0.5) is 5.69 Å². The third kappa shape index (κ3) is 3.29. The Balaban J connectivity index is 1.83. The molecule has 2 heteroatoms. The third-order valence-corrected chi connectivity index (χ3v) is 4.96. The highest BCUT2D eigenvalue weighted by Gasteiger charge is 2.12. The smallest absolute Gasteiger partial charge is 0.0411 e. The first-order chi connectivity index (χ1) is 12.7. The molecule has 2 N–H and O–H groups in total. The van der Waals surface area contributed by atoms with Crippen molar-refractivity contribution in [2.45, 2.75) is 0 Å². The maximum Gasteiger partial charge on any atom is 0.0411 e. The van der Waals surface area contributed by atoms with Gasteiger partial charge in [-0.3, -0.25) is 0 Å². The van der Waals surface area contributed by atoms with Gasteiger partial charge in [0.05, 0.1) is 0 Å². The van der Waals surface area contributed by atoms with Crippen LogP contribution in [-0.4, -0.2) is 0 Å². The van der Waals surface area contributed by atoms with Gasteiger partial charge in [0.15, 0.2) is 0 Å². The second kappa shape index (κ2) is 7.19. The monoisotopic (exact) mass is 399 g/mol. The van der Waals surface area contributed by atoms with E-state index in [-0.39, 0.29) is 0 Å². The van der Waals surface area contributed by atoms with Gasteiger partial charge in [0.25, 0.3) is 0 Å². The lowest BCUT2D eigenvalue weighted by molar-refractivity contribution is 1.55. The number of anilines is 1. The van der Waals surface area contributed by atoms with Crippen LogP contribution in [0.3, 0.4) is 0 Å². The van der Waals surface area contributed by atoms with E-state index in [4.69, 9.17) is 5.73 Å². The maximum absolute atomic E-state index is 6.41. The largest absolute Gasteiger partial charge is 0.398 e. The fraction of sp³-hybridized carbons (Fsp3) is 0. The van der Waals surface area contributed by atoms with Gasteiger partial charge in [-0.2, -0.15) is 0 Å². The van der Waals surface area contributed by atoms with Crippen molar-refractivity contribution in [2.24, 2.45) is 0 Å². The molecule has 0 saturated carbocycles. The van der Waals surface area contributed by atoms with E-state index in [1.165, 1.54) is 11.1 Å². The van der Waals surface area contributed by atoms with Crippen molar-refractivity contribution in [1.82, 2.24) is 0 Å². The lowest BCUT2D eigenvalue weighted by Gasteiger charge is -2.15. The van der Waals surface area contributed by atoms with Gasteiger partial charge >= 0.3 is 0 Å². The lowest BCUT2D eigenvalue weighted by atomic mass is 9.92. The number of benzene rings is 4. The predicted octanol–water partition coefficient (Wildman–Crippen LogP) is 7.03. The van der Waals surface area contributed by atoms with Gasteiger partial charge in [-0.1, -0.05) is 101 Å². The Morgan fingerprint density at radius 3 is 1.65 bits per heavy atom. The fourth-order valence-corrected chi connectivity index (χ4v) is 3.73. The maximum atomic E-state index is 6.41. The second-order valence-electron chi connectivity index (χ2n) is 6.23. The van der Waals surface area contributed by atoms with E-state index >= 15 is 0 Å². The molecular formula is C24H18BrN. The van der Waals surface area contributed by atoms with Crippen molar-refractivity contribution in [3.63, 3.8) is 0 Å². The topological polar surface area (TPSA) is 26.0 Å². The summed E-state index contributed by atoms with van der Waals surface area (Å²) in [5.41, 5.74) is 14.1. The Bertz CT molecular complexity index is 1020. The standard InChI is InChI=1S/C24H18BrN/c25-21-15-22(19-9-5-2-6-10-19)24(23(26)16-21)20-13-11-18(12-14-20)17-7-3-1-4-8-17/h1-16H,26H2. The molecule has 0 radical (unpaired) electrons. The van der Waals surface area contributed by atoms with Crippen LogP contribution >= 0.6 is 15.9 Å². The van der Waals surface area contributed by atoms with Crippen LogP contribution in [0.1, 0.15) is 0 Å². The van der Waals surface area contributed by atoms with Gasteiger partial charge in [-0.25, -0.2) is 0 Å². The Morgan fingerprint density at radius 1 is 0.538 bits per heavy atom. The summed E-state index contributed by atoms with van der Waals surface area (Å²) >= 11 is 3.58. The Hall–Kier alpha value is -2.84. The molecule has 26 heavy (non-hydrogen) atoms.